The van der Waals surface area contributed by atoms with Gasteiger partial charge in [-0.25, -0.2) is 0 Å². The minimum absolute atomic E-state index is 0.853. The van der Waals surface area contributed by atoms with Crippen LogP contribution in [-0.4, -0.2) is 18.8 Å². The van der Waals surface area contributed by atoms with Crippen molar-refractivity contribution in [2.75, 3.05) is 29.5 Å². The van der Waals surface area contributed by atoms with Crippen molar-refractivity contribution in [2.45, 2.75) is 11.3 Å². The van der Waals surface area contributed by atoms with Crippen molar-refractivity contribution in [3.8, 4) is 0 Å². The molecule has 0 radical (unpaired) electrons. The molecule has 0 atom stereocenters. The van der Waals surface area contributed by atoms with E-state index in [1.54, 1.807) is 0 Å². The van der Waals surface area contributed by atoms with E-state index in [1.165, 1.54) is 16.1 Å². The Hall–Kier alpha value is -1.61. The number of nitrogen functional groups attached to an aromatic ring is 1. The van der Waals surface area contributed by atoms with Gasteiger partial charge < -0.3 is 10.6 Å². The van der Waals surface area contributed by atoms with E-state index in [-0.39, 0.29) is 0 Å². The van der Waals surface area contributed by atoms with E-state index < -0.39 is 0 Å². The number of rotatable bonds is 3. The highest BCUT2D eigenvalue weighted by Crippen LogP contribution is 2.35. The van der Waals surface area contributed by atoms with Crippen LogP contribution in [0.4, 0.5) is 11.4 Å². The van der Waals surface area contributed by atoms with Crippen LogP contribution in [-0.2, 0) is 6.42 Å². The topological polar surface area (TPSA) is 29.3 Å². The molecule has 2 aromatic carbocycles. The highest BCUT2D eigenvalue weighted by molar-refractivity contribution is 7.99. The summed E-state index contributed by atoms with van der Waals surface area (Å²) < 4.78 is 0. The number of thioether (sulfide) groups is 1. The zero-order valence-corrected chi connectivity index (χ0v) is 11.7. The van der Waals surface area contributed by atoms with Gasteiger partial charge in [0.25, 0.3) is 0 Å². The second kappa shape index (κ2) is 5.57. The van der Waals surface area contributed by atoms with Crippen LogP contribution in [0.15, 0.2) is 53.4 Å². The van der Waals surface area contributed by atoms with E-state index in [4.69, 9.17) is 5.73 Å². The molecule has 1 aliphatic rings. The Labute approximate surface area is 118 Å². The molecule has 0 aromatic heterocycles. The fraction of sp³-hybridized carbons (Fsp3) is 0.250. The van der Waals surface area contributed by atoms with Crippen molar-refractivity contribution in [1.29, 1.82) is 0 Å². The zero-order chi connectivity index (χ0) is 13.1. The summed E-state index contributed by atoms with van der Waals surface area (Å²) in [5.74, 6) is 1.16. The van der Waals surface area contributed by atoms with E-state index in [9.17, 15) is 0 Å². The molecule has 1 aliphatic heterocycles. The van der Waals surface area contributed by atoms with Gasteiger partial charge in [-0.2, -0.15) is 0 Å². The molecule has 0 fully saturated rings. The molecule has 0 unspecified atom stereocenters. The van der Waals surface area contributed by atoms with Crippen molar-refractivity contribution in [3.05, 3.63) is 54.1 Å². The lowest BCUT2D eigenvalue weighted by molar-refractivity contribution is 0.797. The number of fused-ring (bicyclic) bond motifs is 1. The Morgan fingerprint density at radius 1 is 1.11 bits per heavy atom. The fourth-order valence-corrected chi connectivity index (χ4v) is 3.46. The summed E-state index contributed by atoms with van der Waals surface area (Å²) in [7, 11) is 0. The van der Waals surface area contributed by atoms with E-state index in [0.717, 1.165) is 31.0 Å². The molecule has 19 heavy (non-hydrogen) atoms. The standard InChI is InChI=1S/C16H18N2S/c17-14-6-7-16-15(12-14)18(10-11-19-16)9-8-13-4-2-1-3-5-13/h1-7,12H,8-11,17H2. The van der Waals surface area contributed by atoms with Crippen LogP contribution in [0.5, 0.6) is 0 Å². The van der Waals surface area contributed by atoms with Crippen LogP contribution < -0.4 is 10.6 Å². The predicted molar refractivity (Wildman–Crippen MR) is 83.9 cm³/mol. The number of nitrogens with zero attached hydrogens (tertiary/aromatic N) is 1. The highest BCUT2D eigenvalue weighted by Gasteiger charge is 2.17. The minimum atomic E-state index is 0.853. The fourth-order valence-electron chi connectivity index (χ4n) is 2.43. The summed E-state index contributed by atoms with van der Waals surface area (Å²) in [5, 5.41) is 0. The van der Waals surface area contributed by atoms with Gasteiger partial charge >= 0.3 is 0 Å². The third kappa shape index (κ3) is 2.87. The molecule has 0 amide bonds. The number of anilines is 2. The summed E-state index contributed by atoms with van der Waals surface area (Å²) in [6.07, 6.45) is 1.08. The van der Waals surface area contributed by atoms with Gasteiger partial charge in [-0.05, 0) is 30.2 Å². The van der Waals surface area contributed by atoms with Crippen LogP contribution >= 0.6 is 11.8 Å². The Bertz CT molecular complexity index is 554. The van der Waals surface area contributed by atoms with Gasteiger partial charge in [-0.3, -0.25) is 0 Å². The van der Waals surface area contributed by atoms with Gasteiger partial charge in [0.15, 0.2) is 0 Å². The summed E-state index contributed by atoms with van der Waals surface area (Å²) in [6.45, 7) is 2.16. The number of hydrogen-bond acceptors (Lipinski definition) is 3. The quantitative estimate of drug-likeness (QED) is 0.867. The van der Waals surface area contributed by atoms with Gasteiger partial charge in [0.1, 0.15) is 0 Å². The lowest BCUT2D eigenvalue weighted by Gasteiger charge is -2.31. The summed E-state index contributed by atoms with van der Waals surface area (Å²) >= 11 is 1.93. The SMILES string of the molecule is Nc1ccc2c(c1)N(CCc1ccccc1)CCS2. The van der Waals surface area contributed by atoms with Crippen molar-refractivity contribution in [1.82, 2.24) is 0 Å². The molecule has 3 rings (SSSR count). The largest absolute Gasteiger partial charge is 0.399 e. The number of benzene rings is 2. The molecular formula is C16H18N2S. The molecule has 0 saturated carbocycles. The maximum atomic E-state index is 5.92. The molecular weight excluding hydrogens is 252 g/mol. The summed E-state index contributed by atoms with van der Waals surface area (Å²) in [4.78, 5) is 3.81. The Morgan fingerprint density at radius 2 is 1.95 bits per heavy atom. The van der Waals surface area contributed by atoms with Gasteiger partial charge in [0.05, 0.1) is 5.69 Å². The number of nitrogens with two attached hydrogens (primary N) is 1. The molecule has 98 valence electrons. The lowest BCUT2D eigenvalue weighted by atomic mass is 10.1. The monoisotopic (exact) mass is 270 g/mol. The first-order valence-corrected chi connectivity index (χ1v) is 7.63. The van der Waals surface area contributed by atoms with Crippen LogP contribution in [0.2, 0.25) is 0 Å². The van der Waals surface area contributed by atoms with Crippen molar-refractivity contribution in [3.63, 3.8) is 0 Å². The summed E-state index contributed by atoms with van der Waals surface area (Å²) in [6, 6.07) is 16.9. The van der Waals surface area contributed by atoms with E-state index in [0.29, 0.717) is 0 Å². The molecule has 0 saturated heterocycles. The predicted octanol–water partition coefficient (Wildman–Crippen LogP) is 3.42. The molecule has 3 heteroatoms. The third-order valence-electron chi connectivity index (χ3n) is 3.46. The first-order valence-electron chi connectivity index (χ1n) is 6.64. The maximum Gasteiger partial charge on any atom is 0.0525 e. The second-order valence-electron chi connectivity index (χ2n) is 4.80. The molecule has 1 heterocycles. The Balaban J connectivity index is 1.75. The molecule has 0 aliphatic carbocycles. The van der Waals surface area contributed by atoms with Crippen molar-refractivity contribution >= 4 is 23.1 Å². The summed E-state index contributed by atoms with van der Waals surface area (Å²) in [5.41, 5.74) is 9.46. The zero-order valence-electron chi connectivity index (χ0n) is 10.9. The maximum absolute atomic E-state index is 5.92. The average molecular weight is 270 g/mol. The smallest absolute Gasteiger partial charge is 0.0525 e. The van der Waals surface area contributed by atoms with E-state index in [2.05, 4.69) is 47.4 Å². The first kappa shape index (κ1) is 12.4. The van der Waals surface area contributed by atoms with Crippen molar-refractivity contribution < 1.29 is 0 Å². The van der Waals surface area contributed by atoms with Crippen LogP contribution in [0.1, 0.15) is 5.56 Å². The lowest BCUT2D eigenvalue weighted by Crippen LogP contribution is -2.31. The Morgan fingerprint density at radius 3 is 2.79 bits per heavy atom. The second-order valence-corrected chi connectivity index (χ2v) is 5.94. The molecule has 2 N–H and O–H groups in total. The molecule has 2 nitrogen and oxygen atoms in total. The average Bonchev–Trinajstić information content (AvgIpc) is 2.46. The van der Waals surface area contributed by atoms with Crippen LogP contribution in [0.3, 0.4) is 0 Å². The van der Waals surface area contributed by atoms with Gasteiger partial charge in [-0.15, -0.1) is 11.8 Å². The van der Waals surface area contributed by atoms with Gasteiger partial charge in [0.2, 0.25) is 0 Å². The van der Waals surface area contributed by atoms with E-state index in [1.807, 2.05) is 17.8 Å². The van der Waals surface area contributed by atoms with E-state index >= 15 is 0 Å². The van der Waals surface area contributed by atoms with Crippen LogP contribution in [0, 0.1) is 0 Å². The highest BCUT2D eigenvalue weighted by atomic mass is 32.2. The molecule has 2 aromatic rings. The normalized spacial score (nSPS) is 14.2. The molecule has 0 bridgehead atoms. The minimum Gasteiger partial charge on any atom is -0.399 e. The molecule has 0 spiro atoms. The van der Waals surface area contributed by atoms with Gasteiger partial charge in [-0.1, -0.05) is 30.3 Å². The third-order valence-corrected chi connectivity index (χ3v) is 4.50. The Kier molecular flexibility index (Phi) is 3.65. The van der Waals surface area contributed by atoms with Crippen LogP contribution in [0.25, 0.3) is 0 Å². The first-order chi connectivity index (χ1) is 9.33. The van der Waals surface area contributed by atoms with Gasteiger partial charge in [0, 0.05) is 29.4 Å². The number of hydrogen-bond donors (Lipinski definition) is 1. The van der Waals surface area contributed by atoms with Crippen molar-refractivity contribution in [2.24, 2.45) is 0 Å².